The van der Waals surface area contributed by atoms with Gasteiger partial charge in [0, 0.05) is 26.2 Å². The zero-order valence-corrected chi connectivity index (χ0v) is 8.20. The Morgan fingerprint density at radius 1 is 1.29 bits per heavy atom. The topological polar surface area (TPSA) is 50.8 Å². The molecular formula is C9H16N2O3. The fourth-order valence-corrected chi connectivity index (χ4v) is 1.71. The molecule has 0 radical (unpaired) electrons. The number of nitrogens with zero attached hydrogens (tertiary/aromatic N) is 1. The lowest BCUT2D eigenvalue weighted by molar-refractivity contribution is -0.149. The summed E-state index contributed by atoms with van der Waals surface area (Å²) < 4.78 is 10.6. The van der Waals surface area contributed by atoms with Crippen LogP contribution in [0.5, 0.6) is 0 Å². The quantitative estimate of drug-likeness (QED) is 0.579. The Labute approximate surface area is 83.3 Å². The molecule has 0 aliphatic carbocycles. The Morgan fingerprint density at radius 3 is 2.71 bits per heavy atom. The van der Waals surface area contributed by atoms with E-state index in [1.807, 2.05) is 4.90 Å². The van der Waals surface area contributed by atoms with Crippen molar-refractivity contribution < 1.29 is 14.3 Å². The molecule has 5 heteroatoms. The lowest BCUT2D eigenvalue weighted by Crippen LogP contribution is -2.52. The van der Waals surface area contributed by atoms with Crippen LogP contribution < -0.4 is 5.32 Å². The van der Waals surface area contributed by atoms with E-state index >= 15 is 0 Å². The summed E-state index contributed by atoms with van der Waals surface area (Å²) in [5, 5.41) is 3.15. The molecule has 1 unspecified atom stereocenters. The molecule has 1 N–H and O–H groups in total. The van der Waals surface area contributed by atoms with Crippen molar-refractivity contribution in [1.82, 2.24) is 10.2 Å². The number of carbonyl (C=O) groups is 1. The fourth-order valence-electron chi connectivity index (χ4n) is 1.71. The average molecular weight is 200 g/mol. The van der Waals surface area contributed by atoms with E-state index in [4.69, 9.17) is 9.47 Å². The zero-order chi connectivity index (χ0) is 9.80. The molecule has 0 aromatic carbocycles. The Morgan fingerprint density at radius 2 is 2.07 bits per heavy atom. The van der Waals surface area contributed by atoms with Crippen molar-refractivity contribution in [2.24, 2.45) is 0 Å². The molecule has 0 aromatic heterocycles. The summed E-state index contributed by atoms with van der Waals surface area (Å²) in [4.78, 5) is 13.7. The van der Waals surface area contributed by atoms with Gasteiger partial charge in [0.25, 0.3) is 5.91 Å². The summed E-state index contributed by atoms with van der Waals surface area (Å²) in [6, 6.07) is 0. The Kier molecular flexibility index (Phi) is 3.34. The second-order valence-corrected chi connectivity index (χ2v) is 3.50. The van der Waals surface area contributed by atoms with Crippen LogP contribution in [0.25, 0.3) is 0 Å². The van der Waals surface area contributed by atoms with Crippen molar-refractivity contribution >= 4 is 5.91 Å². The standard InChI is InChI=1S/C9H16N2O3/c12-9(8-7-10-1-4-14-8)11-2-5-13-6-3-11/h8,10H,1-7H2. The van der Waals surface area contributed by atoms with Crippen LogP contribution in [-0.2, 0) is 14.3 Å². The summed E-state index contributed by atoms with van der Waals surface area (Å²) in [7, 11) is 0. The van der Waals surface area contributed by atoms with Gasteiger partial charge in [0.2, 0.25) is 0 Å². The fraction of sp³-hybridized carbons (Fsp3) is 0.889. The van der Waals surface area contributed by atoms with E-state index in [1.54, 1.807) is 0 Å². The van der Waals surface area contributed by atoms with Gasteiger partial charge in [-0.05, 0) is 0 Å². The highest BCUT2D eigenvalue weighted by Crippen LogP contribution is 2.05. The van der Waals surface area contributed by atoms with Crippen LogP contribution in [0.15, 0.2) is 0 Å². The minimum Gasteiger partial charge on any atom is -0.378 e. The van der Waals surface area contributed by atoms with Gasteiger partial charge in [-0.25, -0.2) is 0 Å². The first-order valence-electron chi connectivity index (χ1n) is 5.07. The van der Waals surface area contributed by atoms with Crippen LogP contribution in [0.3, 0.4) is 0 Å². The van der Waals surface area contributed by atoms with E-state index in [0.29, 0.717) is 39.5 Å². The van der Waals surface area contributed by atoms with E-state index in [1.165, 1.54) is 0 Å². The SMILES string of the molecule is O=C(C1CNCCO1)N1CCOCC1. The number of hydrogen-bond donors (Lipinski definition) is 1. The predicted octanol–water partition coefficient (Wildman–Crippen LogP) is -1.17. The third-order valence-electron chi connectivity index (χ3n) is 2.53. The molecule has 2 aliphatic heterocycles. The van der Waals surface area contributed by atoms with Crippen molar-refractivity contribution in [1.29, 1.82) is 0 Å². The molecule has 0 aromatic rings. The van der Waals surface area contributed by atoms with Gasteiger partial charge < -0.3 is 19.7 Å². The van der Waals surface area contributed by atoms with Crippen molar-refractivity contribution in [2.45, 2.75) is 6.10 Å². The zero-order valence-electron chi connectivity index (χ0n) is 8.20. The van der Waals surface area contributed by atoms with Gasteiger partial charge in [0.05, 0.1) is 19.8 Å². The molecule has 2 saturated heterocycles. The minimum absolute atomic E-state index is 0.0977. The molecule has 0 spiro atoms. The maximum Gasteiger partial charge on any atom is 0.253 e. The van der Waals surface area contributed by atoms with E-state index in [2.05, 4.69) is 5.32 Å². The Hall–Kier alpha value is -0.650. The number of nitrogens with one attached hydrogen (secondary N) is 1. The predicted molar refractivity (Wildman–Crippen MR) is 50.0 cm³/mol. The summed E-state index contributed by atoms with van der Waals surface area (Å²) in [5.41, 5.74) is 0. The lowest BCUT2D eigenvalue weighted by atomic mass is 10.2. The number of rotatable bonds is 1. The van der Waals surface area contributed by atoms with Crippen LogP contribution in [0, 0.1) is 0 Å². The molecule has 0 bridgehead atoms. The first-order chi connectivity index (χ1) is 6.88. The van der Waals surface area contributed by atoms with Gasteiger partial charge in [0.15, 0.2) is 0 Å². The van der Waals surface area contributed by atoms with Crippen LogP contribution in [0.4, 0.5) is 0 Å². The highest BCUT2D eigenvalue weighted by molar-refractivity contribution is 5.81. The Bertz CT molecular complexity index is 178. The number of morpholine rings is 2. The number of ether oxygens (including phenoxy) is 2. The van der Waals surface area contributed by atoms with E-state index in [9.17, 15) is 4.79 Å². The van der Waals surface area contributed by atoms with E-state index in [-0.39, 0.29) is 12.0 Å². The van der Waals surface area contributed by atoms with Gasteiger partial charge in [-0.3, -0.25) is 4.79 Å². The van der Waals surface area contributed by atoms with Gasteiger partial charge in [-0.15, -0.1) is 0 Å². The number of carbonyl (C=O) groups excluding carboxylic acids is 1. The second-order valence-electron chi connectivity index (χ2n) is 3.50. The number of hydrogen-bond acceptors (Lipinski definition) is 4. The number of amides is 1. The summed E-state index contributed by atoms with van der Waals surface area (Å²) >= 11 is 0. The molecule has 14 heavy (non-hydrogen) atoms. The van der Waals surface area contributed by atoms with Gasteiger partial charge in [-0.1, -0.05) is 0 Å². The smallest absolute Gasteiger partial charge is 0.253 e. The highest BCUT2D eigenvalue weighted by atomic mass is 16.5. The molecule has 2 rings (SSSR count). The minimum atomic E-state index is -0.290. The van der Waals surface area contributed by atoms with Crippen molar-refractivity contribution in [3.8, 4) is 0 Å². The van der Waals surface area contributed by atoms with Crippen molar-refractivity contribution in [3.63, 3.8) is 0 Å². The van der Waals surface area contributed by atoms with Gasteiger partial charge >= 0.3 is 0 Å². The monoisotopic (exact) mass is 200 g/mol. The largest absolute Gasteiger partial charge is 0.378 e. The molecular weight excluding hydrogens is 184 g/mol. The van der Waals surface area contributed by atoms with Crippen LogP contribution in [0.2, 0.25) is 0 Å². The first kappa shape index (κ1) is 9.89. The third kappa shape index (κ3) is 2.23. The molecule has 5 nitrogen and oxygen atoms in total. The van der Waals surface area contributed by atoms with Crippen molar-refractivity contribution in [3.05, 3.63) is 0 Å². The molecule has 1 atom stereocenters. The average Bonchev–Trinajstić information content (AvgIpc) is 2.30. The van der Waals surface area contributed by atoms with Crippen LogP contribution >= 0.6 is 0 Å². The summed E-state index contributed by atoms with van der Waals surface area (Å²) in [6.45, 7) is 4.78. The molecule has 1 amide bonds. The van der Waals surface area contributed by atoms with Crippen LogP contribution in [-0.4, -0.2) is 62.9 Å². The molecule has 0 saturated carbocycles. The summed E-state index contributed by atoms with van der Waals surface area (Å²) in [5.74, 6) is 0.0977. The second kappa shape index (κ2) is 4.72. The summed E-state index contributed by atoms with van der Waals surface area (Å²) in [6.07, 6.45) is -0.290. The Balaban J connectivity index is 1.85. The normalized spacial score (nSPS) is 28.9. The van der Waals surface area contributed by atoms with E-state index < -0.39 is 0 Å². The lowest BCUT2D eigenvalue weighted by Gasteiger charge is -2.32. The van der Waals surface area contributed by atoms with Gasteiger partial charge in [-0.2, -0.15) is 0 Å². The first-order valence-corrected chi connectivity index (χ1v) is 5.07. The van der Waals surface area contributed by atoms with Crippen LogP contribution in [0.1, 0.15) is 0 Å². The maximum atomic E-state index is 11.9. The molecule has 2 fully saturated rings. The van der Waals surface area contributed by atoms with E-state index in [0.717, 1.165) is 6.54 Å². The van der Waals surface area contributed by atoms with Gasteiger partial charge in [0.1, 0.15) is 6.10 Å². The molecule has 2 aliphatic rings. The third-order valence-corrected chi connectivity index (χ3v) is 2.53. The highest BCUT2D eigenvalue weighted by Gasteiger charge is 2.27. The molecule has 80 valence electrons. The molecule has 2 heterocycles. The van der Waals surface area contributed by atoms with Crippen molar-refractivity contribution in [2.75, 3.05) is 46.0 Å². The maximum absolute atomic E-state index is 11.9.